The van der Waals surface area contributed by atoms with Gasteiger partial charge in [0, 0.05) is 18.8 Å². The number of hydrogen-bond donors (Lipinski definition) is 1. The highest BCUT2D eigenvalue weighted by molar-refractivity contribution is 6.72. The van der Waals surface area contributed by atoms with Crippen LogP contribution in [0.4, 0.5) is 0 Å². The fourth-order valence-corrected chi connectivity index (χ4v) is 7.14. The number of unbranched alkanes of at least 4 members (excludes halogenated alkanes) is 5. The smallest absolute Gasteiger partial charge is 0.319 e. The number of benzene rings is 1. The first-order valence-electron chi connectivity index (χ1n) is 15.9. The largest absolute Gasteiger partial charge is 0.468 e. The van der Waals surface area contributed by atoms with Crippen LogP contribution in [0.15, 0.2) is 24.3 Å². The van der Waals surface area contributed by atoms with Crippen LogP contribution in [0.1, 0.15) is 134 Å². The van der Waals surface area contributed by atoms with Crippen molar-refractivity contribution in [1.82, 2.24) is 0 Å². The van der Waals surface area contributed by atoms with Gasteiger partial charge in [-0.2, -0.15) is 0 Å². The Bertz CT molecular complexity index is 980. The summed E-state index contributed by atoms with van der Waals surface area (Å²) in [4.78, 5) is 49.2. The Hall–Kier alpha value is -1.99. The number of esters is 2. The molecule has 1 aromatic carbocycles. The van der Waals surface area contributed by atoms with E-state index in [2.05, 4.69) is 45.0 Å². The summed E-state index contributed by atoms with van der Waals surface area (Å²) in [5.41, 5.74) is 1.15. The molecule has 2 rings (SSSR count). The van der Waals surface area contributed by atoms with E-state index in [1.165, 1.54) is 25.5 Å². The maximum Gasteiger partial charge on any atom is 0.319 e. The van der Waals surface area contributed by atoms with Crippen molar-refractivity contribution in [2.24, 2.45) is 5.41 Å². The van der Waals surface area contributed by atoms with Gasteiger partial charge in [0.05, 0.1) is 13.7 Å². The molecule has 0 amide bonds. The monoisotopic (exact) mass is 588 g/mol. The minimum absolute atomic E-state index is 0.0146. The topological polar surface area (TPSA) is 89.9 Å². The molecule has 1 aromatic rings. The zero-order chi connectivity index (χ0) is 30.7. The molecule has 0 aliphatic heterocycles. The van der Waals surface area contributed by atoms with Crippen LogP contribution >= 0.6 is 0 Å². The van der Waals surface area contributed by atoms with Crippen LogP contribution in [-0.2, 0) is 23.9 Å². The molecule has 0 spiro atoms. The fraction of sp³-hybridized carbons (Fsp3) is 0.735. The molecule has 1 aliphatic rings. The van der Waals surface area contributed by atoms with Gasteiger partial charge in [0.1, 0.15) is 5.41 Å². The molecule has 1 N–H and O–H groups in total. The Morgan fingerprint density at radius 2 is 1.71 bits per heavy atom. The minimum Gasteiger partial charge on any atom is -0.468 e. The Kier molecular flexibility index (Phi) is 13.8. The second-order valence-corrected chi connectivity index (χ2v) is 17.7. The predicted molar refractivity (Wildman–Crippen MR) is 167 cm³/mol. The number of hydrogen-bond acceptors (Lipinski definition) is 6. The third-order valence-electron chi connectivity index (χ3n) is 9.69. The van der Waals surface area contributed by atoms with Gasteiger partial charge in [-0.25, -0.2) is 0 Å². The van der Waals surface area contributed by atoms with Crippen molar-refractivity contribution in [1.29, 1.82) is 0 Å². The van der Waals surface area contributed by atoms with E-state index in [1.807, 2.05) is 13.1 Å². The van der Waals surface area contributed by atoms with Gasteiger partial charge in [-0.05, 0) is 74.2 Å². The second-order valence-electron chi connectivity index (χ2n) is 13.2. The number of carbonyl (C=O) groups excluding carboxylic acids is 3. The van der Waals surface area contributed by atoms with Crippen LogP contribution in [0.2, 0.25) is 18.1 Å². The van der Waals surface area contributed by atoms with E-state index in [1.54, 1.807) is 6.92 Å². The van der Waals surface area contributed by atoms with Crippen molar-refractivity contribution in [3.63, 3.8) is 0 Å². The molecule has 1 unspecified atom stereocenters. The van der Waals surface area contributed by atoms with Gasteiger partial charge in [0.2, 0.25) is 0 Å². The minimum atomic E-state index is -2.35. The molecular weight excluding hydrogens is 532 g/mol. The van der Waals surface area contributed by atoms with Crippen molar-refractivity contribution in [2.45, 2.75) is 141 Å². The second kappa shape index (κ2) is 16.0. The Morgan fingerprint density at radius 3 is 2.29 bits per heavy atom. The van der Waals surface area contributed by atoms with Gasteiger partial charge in [-0.1, -0.05) is 83.6 Å². The van der Waals surface area contributed by atoms with E-state index in [9.17, 15) is 19.2 Å². The van der Waals surface area contributed by atoms with Crippen LogP contribution < -0.4 is 0 Å². The van der Waals surface area contributed by atoms with Crippen LogP contribution in [0.25, 0.3) is 0 Å². The summed E-state index contributed by atoms with van der Waals surface area (Å²) in [6.07, 6.45) is 10.6. The zero-order valence-electron chi connectivity index (χ0n) is 26.9. The lowest BCUT2D eigenvalue weighted by molar-refractivity contribution is -0.158. The quantitative estimate of drug-likeness (QED) is 0.0804. The Morgan fingerprint density at radius 1 is 1.05 bits per heavy atom. The molecular formula is C34H56O6Si. The summed E-state index contributed by atoms with van der Waals surface area (Å²) in [5, 5.41) is -0.114. The van der Waals surface area contributed by atoms with Crippen LogP contribution in [0.3, 0.4) is 0 Å². The van der Waals surface area contributed by atoms with Crippen LogP contribution in [0.5, 0.6) is 0 Å². The molecule has 0 saturated heterocycles. The Labute approximate surface area is 250 Å². The van der Waals surface area contributed by atoms with Crippen molar-refractivity contribution in [2.75, 3.05) is 13.7 Å². The summed E-state index contributed by atoms with van der Waals surface area (Å²) in [7, 11) is -0.968. The highest BCUT2D eigenvalue weighted by Gasteiger charge is 2.56. The molecule has 41 heavy (non-hydrogen) atoms. The first-order chi connectivity index (χ1) is 19.3. The number of ether oxygens (including phenoxy) is 2. The summed E-state index contributed by atoms with van der Waals surface area (Å²) in [6, 6.07) is 8.62. The molecule has 1 aliphatic carbocycles. The highest BCUT2D eigenvalue weighted by atomic mass is 28.4. The number of ketones is 1. The summed E-state index contributed by atoms with van der Waals surface area (Å²) < 4.78 is 10.3. The third kappa shape index (κ3) is 9.24. The highest BCUT2D eigenvalue weighted by Crippen LogP contribution is 2.52. The van der Waals surface area contributed by atoms with E-state index in [0.29, 0.717) is 38.2 Å². The first kappa shape index (κ1) is 35.2. The van der Waals surface area contributed by atoms with Gasteiger partial charge in [0.15, 0.2) is 14.1 Å². The summed E-state index contributed by atoms with van der Waals surface area (Å²) >= 11 is 0. The summed E-state index contributed by atoms with van der Waals surface area (Å²) in [6.45, 7) is 12.9. The van der Waals surface area contributed by atoms with E-state index >= 15 is 0 Å². The molecule has 232 valence electrons. The number of rotatable bonds is 18. The molecule has 1 saturated carbocycles. The molecule has 6 nitrogen and oxygen atoms in total. The normalized spacial score (nSPS) is 20.2. The van der Waals surface area contributed by atoms with Gasteiger partial charge < -0.3 is 14.3 Å². The maximum atomic E-state index is 13.4. The zero-order valence-corrected chi connectivity index (χ0v) is 27.9. The van der Waals surface area contributed by atoms with Crippen LogP contribution in [-0.4, -0.2) is 44.6 Å². The number of carbonyl (C=O) groups is 3. The van der Waals surface area contributed by atoms with Crippen LogP contribution in [0, 0.1) is 5.41 Å². The standard InChI is InChI=1S/C34H56O6Si/c1-8-10-13-16-28(25-33(3,4)41(6,7)38)26-18-20-27(21-19-26)29-22-23-30(35)34(29,32(37)39-5)24-15-12-11-14-17-31(36)40-9-2/h18-21,28-29,38H,8-17,22-25H2,1-7H3/t28-,29-,34?/m1/s1. The average molecular weight is 589 g/mol. The maximum absolute atomic E-state index is 13.4. The average Bonchev–Trinajstić information content (AvgIpc) is 3.25. The first-order valence-corrected chi connectivity index (χ1v) is 18.9. The lowest BCUT2D eigenvalue weighted by Gasteiger charge is -2.38. The van der Waals surface area contributed by atoms with Gasteiger partial charge in [-0.15, -0.1) is 0 Å². The summed E-state index contributed by atoms with van der Waals surface area (Å²) in [5.74, 6) is -0.454. The van der Waals surface area contributed by atoms with Gasteiger partial charge in [-0.3, -0.25) is 14.4 Å². The lowest BCUT2D eigenvalue weighted by Crippen LogP contribution is -2.41. The molecule has 3 atom stereocenters. The lowest BCUT2D eigenvalue weighted by atomic mass is 9.70. The molecule has 0 bridgehead atoms. The van der Waals surface area contributed by atoms with E-state index < -0.39 is 19.7 Å². The molecule has 0 aromatic heterocycles. The van der Waals surface area contributed by atoms with Crippen molar-refractivity contribution < 1.29 is 28.7 Å². The molecule has 0 radical (unpaired) electrons. The van der Waals surface area contributed by atoms with E-state index in [0.717, 1.165) is 50.5 Å². The van der Waals surface area contributed by atoms with Crippen molar-refractivity contribution in [3.05, 3.63) is 35.4 Å². The fourth-order valence-electron chi connectivity index (χ4n) is 6.40. The predicted octanol–water partition coefficient (Wildman–Crippen LogP) is 8.23. The van der Waals surface area contributed by atoms with E-state index in [4.69, 9.17) is 9.47 Å². The van der Waals surface area contributed by atoms with Gasteiger partial charge in [0.25, 0.3) is 0 Å². The third-order valence-corrected chi connectivity index (χ3v) is 13.2. The molecule has 7 heteroatoms. The Balaban J connectivity index is 2.22. The van der Waals surface area contributed by atoms with E-state index in [-0.39, 0.29) is 22.7 Å². The SMILES string of the molecule is CCCCC[C@H](CC(C)(C)[Si](C)(C)O)c1ccc([C@H]2CCC(=O)C2(CCCCCCC(=O)OCC)C(=O)OC)cc1. The van der Waals surface area contributed by atoms with Gasteiger partial charge >= 0.3 is 11.9 Å². The van der Waals surface area contributed by atoms with Crippen molar-refractivity contribution in [3.8, 4) is 0 Å². The number of Topliss-reactive ketones (excluding diaryl/α,β-unsaturated/α-hetero) is 1. The van der Waals surface area contributed by atoms with Crippen molar-refractivity contribution >= 4 is 26.0 Å². The molecule has 1 fully saturated rings. The molecule has 0 heterocycles. The number of methoxy groups -OCH3 is 1.